The average molecular weight is 513 g/mol. The average Bonchev–Trinajstić information content (AvgIpc) is 3.05. The van der Waals surface area contributed by atoms with Gasteiger partial charge in [-0.1, -0.05) is 176 Å². The first kappa shape index (κ1) is 25.3. The Labute approximate surface area is 238 Å². The van der Waals surface area contributed by atoms with Gasteiger partial charge in [-0.2, -0.15) is 0 Å². The van der Waals surface area contributed by atoms with Gasteiger partial charge >= 0.3 is 0 Å². The molecule has 0 amide bonds. The lowest BCUT2D eigenvalue weighted by Gasteiger charge is -2.31. The first-order valence-corrected chi connectivity index (χ1v) is 13.9. The Morgan fingerprint density at radius 2 is 0.875 bits per heavy atom. The van der Waals surface area contributed by atoms with E-state index >= 15 is 0 Å². The molecule has 0 aromatic heterocycles. The Morgan fingerprint density at radius 3 is 1.27 bits per heavy atom. The van der Waals surface area contributed by atoms with Gasteiger partial charge in [-0.15, -0.1) is 0 Å². The number of hydrogen-bond donors (Lipinski definition) is 0. The van der Waals surface area contributed by atoms with E-state index in [1.807, 2.05) is 0 Å². The highest BCUT2D eigenvalue weighted by molar-refractivity contribution is 5.83. The molecule has 40 heavy (non-hydrogen) atoms. The summed E-state index contributed by atoms with van der Waals surface area (Å²) in [5, 5.41) is 0. The van der Waals surface area contributed by atoms with E-state index < -0.39 is 0 Å². The molecule has 0 saturated carbocycles. The Balaban J connectivity index is 1.46. The van der Waals surface area contributed by atoms with Gasteiger partial charge in [0.2, 0.25) is 0 Å². The molecule has 5 aromatic rings. The van der Waals surface area contributed by atoms with E-state index in [4.69, 9.17) is 0 Å². The maximum Gasteiger partial charge on any atom is 0.0359 e. The van der Waals surface area contributed by atoms with E-state index in [1.54, 1.807) is 0 Å². The van der Waals surface area contributed by atoms with Gasteiger partial charge in [0.05, 0.1) is 0 Å². The van der Waals surface area contributed by atoms with Crippen molar-refractivity contribution in [2.75, 3.05) is 0 Å². The van der Waals surface area contributed by atoms with Crippen LogP contribution in [0.15, 0.2) is 188 Å². The third-order valence-corrected chi connectivity index (χ3v) is 7.61. The normalized spacial score (nSPS) is 16.1. The van der Waals surface area contributed by atoms with Gasteiger partial charge < -0.3 is 0 Å². The fraction of sp³-hybridized carbons (Fsp3) is 0.0500. The molecule has 0 heteroatoms. The van der Waals surface area contributed by atoms with Crippen LogP contribution in [0.5, 0.6) is 0 Å². The summed E-state index contributed by atoms with van der Waals surface area (Å²) in [6.45, 7) is 0. The van der Waals surface area contributed by atoms with E-state index in [9.17, 15) is 0 Å². The molecule has 0 heterocycles. The van der Waals surface area contributed by atoms with Crippen LogP contribution in [-0.4, -0.2) is 0 Å². The molecule has 1 unspecified atom stereocenters. The molecule has 0 saturated heterocycles. The van der Waals surface area contributed by atoms with Crippen LogP contribution in [-0.2, 0) is 5.41 Å². The predicted molar refractivity (Wildman–Crippen MR) is 170 cm³/mol. The van der Waals surface area contributed by atoms with Crippen LogP contribution in [0.2, 0.25) is 0 Å². The van der Waals surface area contributed by atoms with E-state index in [0.717, 1.165) is 6.42 Å². The summed E-state index contributed by atoms with van der Waals surface area (Å²) in [6.07, 6.45) is 12.8. The van der Waals surface area contributed by atoms with Gasteiger partial charge in [0, 0.05) is 5.41 Å². The lowest BCUT2D eigenvalue weighted by molar-refractivity contribution is 0.673. The van der Waals surface area contributed by atoms with Crippen LogP contribution in [0.25, 0.3) is 11.1 Å². The van der Waals surface area contributed by atoms with E-state index in [-0.39, 0.29) is 5.41 Å². The number of allylic oxidation sites excluding steroid dienone is 6. The summed E-state index contributed by atoms with van der Waals surface area (Å²) in [7, 11) is 0. The molecule has 1 atom stereocenters. The predicted octanol–water partition coefficient (Wildman–Crippen LogP) is 10.1. The summed E-state index contributed by atoms with van der Waals surface area (Å²) < 4.78 is 0. The number of rotatable bonds is 7. The molecule has 5 aromatic carbocycles. The van der Waals surface area contributed by atoms with Crippen LogP contribution >= 0.6 is 0 Å². The van der Waals surface area contributed by atoms with Crippen molar-refractivity contribution in [1.29, 1.82) is 0 Å². The van der Waals surface area contributed by atoms with Gasteiger partial charge in [-0.3, -0.25) is 0 Å². The Morgan fingerprint density at radius 1 is 0.475 bits per heavy atom. The standard InChI is InChI=1S/C40H32/c1-6-16-33(17-7-1)38(34-18-8-2-9-19-34)30-32-26-28-40(29-27-32,37-24-14-5-15-25-37)31-39(35-20-10-3-11-21-35)36-22-12-4-13-23-36/h1-28,30-31H,29H2. The van der Waals surface area contributed by atoms with Crippen molar-refractivity contribution < 1.29 is 0 Å². The maximum absolute atomic E-state index is 2.47. The van der Waals surface area contributed by atoms with Crippen molar-refractivity contribution >= 4 is 11.1 Å². The molecule has 0 nitrogen and oxygen atoms in total. The van der Waals surface area contributed by atoms with Crippen LogP contribution < -0.4 is 0 Å². The topological polar surface area (TPSA) is 0 Å². The molecular formula is C40H32. The second-order valence-electron chi connectivity index (χ2n) is 10.2. The molecule has 1 aliphatic rings. The molecule has 0 N–H and O–H groups in total. The minimum atomic E-state index is -0.265. The minimum absolute atomic E-state index is 0.265. The van der Waals surface area contributed by atoms with Gasteiger partial charge in [0.15, 0.2) is 0 Å². The molecular weight excluding hydrogens is 480 g/mol. The highest BCUT2D eigenvalue weighted by atomic mass is 14.3. The summed E-state index contributed by atoms with van der Waals surface area (Å²) in [6, 6.07) is 53.7. The smallest absolute Gasteiger partial charge is 0.0359 e. The Bertz CT molecular complexity index is 1570. The third kappa shape index (κ3) is 5.58. The Hall–Kier alpha value is -4.94. The lowest BCUT2D eigenvalue weighted by Crippen LogP contribution is -2.23. The first-order valence-electron chi connectivity index (χ1n) is 13.9. The second-order valence-corrected chi connectivity index (χ2v) is 10.2. The van der Waals surface area contributed by atoms with Crippen LogP contribution in [0.1, 0.15) is 34.2 Å². The Kier molecular flexibility index (Phi) is 7.51. The zero-order valence-electron chi connectivity index (χ0n) is 22.5. The van der Waals surface area contributed by atoms with E-state index in [0.29, 0.717) is 0 Å². The molecule has 0 spiro atoms. The fourth-order valence-electron chi connectivity index (χ4n) is 5.49. The van der Waals surface area contributed by atoms with Crippen LogP contribution in [0.3, 0.4) is 0 Å². The number of benzene rings is 5. The molecule has 0 radical (unpaired) electrons. The van der Waals surface area contributed by atoms with Crippen molar-refractivity contribution in [1.82, 2.24) is 0 Å². The molecule has 0 fully saturated rings. The van der Waals surface area contributed by atoms with Crippen molar-refractivity contribution in [2.24, 2.45) is 0 Å². The lowest BCUT2D eigenvalue weighted by atomic mass is 9.72. The highest BCUT2D eigenvalue weighted by Gasteiger charge is 2.29. The zero-order valence-corrected chi connectivity index (χ0v) is 22.5. The molecule has 0 aliphatic heterocycles. The number of hydrogen-bond acceptors (Lipinski definition) is 0. The van der Waals surface area contributed by atoms with E-state index in [1.165, 1.54) is 44.5 Å². The monoisotopic (exact) mass is 512 g/mol. The summed E-state index contributed by atoms with van der Waals surface area (Å²) in [5.41, 5.74) is 9.62. The maximum atomic E-state index is 2.47. The zero-order chi connectivity index (χ0) is 27.0. The van der Waals surface area contributed by atoms with Gasteiger partial charge in [-0.25, -0.2) is 0 Å². The van der Waals surface area contributed by atoms with Crippen molar-refractivity contribution in [3.63, 3.8) is 0 Å². The van der Waals surface area contributed by atoms with Gasteiger partial charge in [0.25, 0.3) is 0 Å². The van der Waals surface area contributed by atoms with Crippen LogP contribution in [0.4, 0.5) is 0 Å². The quantitative estimate of drug-likeness (QED) is 0.203. The van der Waals surface area contributed by atoms with Crippen molar-refractivity contribution in [3.05, 3.63) is 215 Å². The summed E-state index contributed by atoms with van der Waals surface area (Å²) >= 11 is 0. The van der Waals surface area contributed by atoms with Crippen molar-refractivity contribution in [3.8, 4) is 0 Å². The second kappa shape index (κ2) is 11.8. The summed E-state index contributed by atoms with van der Waals surface area (Å²) in [4.78, 5) is 0. The first-order chi connectivity index (χ1) is 19.8. The SMILES string of the molecule is C1=CC(C=C(c2ccccc2)c2ccccc2)(c2ccccc2)CC=C1C=C(c1ccccc1)c1ccccc1. The highest BCUT2D eigenvalue weighted by Crippen LogP contribution is 2.40. The third-order valence-electron chi connectivity index (χ3n) is 7.61. The van der Waals surface area contributed by atoms with Gasteiger partial charge in [-0.05, 0) is 57.0 Å². The molecule has 0 bridgehead atoms. The molecule has 1 aliphatic carbocycles. The van der Waals surface area contributed by atoms with Gasteiger partial charge in [0.1, 0.15) is 0 Å². The summed E-state index contributed by atoms with van der Waals surface area (Å²) in [5.74, 6) is 0. The van der Waals surface area contributed by atoms with Crippen LogP contribution in [0, 0.1) is 0 Å². The largest absolute Gasteiger partial charge is 0.0757 e. The molecule has 192 valence electrons. The van der Waals surface area contributed by atoms with E-state index in [2.05, 4.69) is 182 Å². The fourth-order valence-corrected chi connectivity index (χ4v) is 5.49. The van der Waals surface area contributed by atoms with Crippen molar-refractivity contribution in [2.45, 2.75) is 11.8 Å². The molecule has 6 rings (SSSR count). The minimum Gasteiger partial charge on any atom is -0.0757 e.